The smallest absolute Gasteiger partial charge is 0.341 e. The molecule has 15 heteroatoms. The van der Waals surface area contributed by atoms with E-state index < -0.39 is 45.3 Å². The number of hydrogen-bond acceptors (Lipinski definition) is 10. The Morgan fingerprint density at radius 3 is 2.49 bits per heavy atom. The first-order valence-corrected chi connectivity index (χ1v) is 18.8. The third-order valence-corrected chi connectivity index (χ3v) is 12.1. The van der Waals surface area contributed by atoms with Crippen LogP contribution in [0.5, 0.6) is 5.75 Å². The Labute approximate surface area is 297 Å². The number of carbonyl (C=O) groups excluding carboxylic acids is 2. The van der Waals surface area contributed by atoms with Crippen LogP contribution in [-0.4, -0.2) is 107 Å². The summed E-state index contributed by atoms with van der Waals surface area (Å²) >= 11 is 0. The quantitative estimate of drug-likeness (QED) is 0.309. The second-order valence-electron chi connectivity index (χ2n) is 14.0. The van der Waals surface area contributed by atoms with E-state index in [0.29, 0.717) is 37.0 Å². The van der Waals surface area contributed by atoms with Crippen molar-refractivity contribution in [3.63, 3.8) is 0 Å². The molecule has 1 N–H and O–H groups in total. The van der Waals surface area contributed by atoms with Crippen molar-refractivity contribution in [2.24, 2.45) is 0 Å². The Balaban J connectivity index is 1.27. The van der Waals surface area contributed by atoms with Gasteiger partial charge in [0.1, 0.15) is 5.58 Å². The molecule has 1 saturated heterocycles. The fourth-order valence-corrected chi connectivity index (χ4v) is 7.91. The number of methoxy groups -OCH3 is 1. The number of likely N-dealkylation sites (N-methyl/N-ethyl adjacent to an activating group) is 1. The van der Waals surface area contributed by atoms with Crippen LogP contribution >= 0.6 is 0 Å². The van der Waals surface area contributed by atoms with Crippen molar-refractivity contribution in [2.45, 2.75) is 71.2 Å². The predicted molar refractivity (Wildman–Crippen MR) is 190 cm³/mol. The first kappa shape index (κ1) is 36.7. The lowest BCUT2D eigenvalue weighted by atomic mass is 9.94. The molecule has 0 unspecified atom stereocenters. The van der Waals surface area contributed by atoms with E-state index in [2.05, 4.69) is 16.8 Å². The van der Waals surface area contributed by atoms with Gasteiger partial charge in [-0.15, -0.1) is 0 Å². The van der Waals surface area contributed by atoms with Crippen LogP contribution in [0.25, 0.3) is 11.0 Å². The maximum atomic E-state index is 16.2. The third-order valence-electron chi connectivity index (χ3n) is 10.5. The highest BCUT2D eigenvalue weighted by atomic mass is 32.2. The summed E-state index contributed by atoms with van der Waals surface area (Å²) in [5.41, 5.74) is 2.24. The van der Waals surface area contributed by atoms with E-state index in [1.54, 1.807) is 21.0 Å². The minimum absolute atomic E-state index is 0.0926. The molecule has 3 heterocycles. The molecule has 2 aliphatic heterocycles. The van der Waals surface area contributed by atoms with Crippen molar-refractivity contribution >= 4 is 38.7 Å². The van der Waals surface area contributed by atoms with Crippen LogP contribution in [0, 0.1) is 12.7 Å². The van der Waals surface area contributed by atoms with Gasteiger partial charge in [0.2, 0.25) is 0 Å². The summed E-state index contributed by atoms with van der Waals surface area (Å²) in [6.07, 6.45) is 2.09. The van der Waals surface area contributed by atoms with Gasteiger partial charge in [0, 0.05) is 63.0 Å². The zero-order valence-corrected chi connectivity index (χ0v) is 30.8. The normalized spacial score (nSPS) is 18.6. The lowest BCUT2D eigenvalue weighted by Gasteiger charge is -2.41. The van der Waals surface area contributed by atoms with Crippen molar-refractivity contribution in [1.82, 2.24) is 18.8 Å². The van der Waals surface area contributed by atoms with Crippen LogP contribution in [-0.2, 0) is 27.9 Å². The fraction of sp³-hybridized carbons (Fsp3) is 0.528. The van der Waals surface area contributed by atoms with E-state index in [9.17, 15) is 22.8 Å². The molecular weight excluding hydrogens is 681 g/mol. The largest absolute Gasteiger partial charge is 0.486 e. The van der Waals surface area contributed by atoms with Gasteiger partial charge in [-0.2, -0.15) is 12.7 Å². The maximum absolute atomic E-state index is 16.2. The van der Waals surface area contributed by atoms with Gasteiger partial charge < -0.3 is 23.7 Å². The summed E-state index contributed by atoms with van der Waals surface area (Å²) in [6, 6.07) is 6.15. The molecule has 51 heavy (non-hydrogen) atoms. The summed E-state index contributed by atoms with van der Waals surface area (Å²) in [7, 11) is 0.866. The first-order chi connectivity index (χ1) is 24.2. The molecule has 2 aromatic carbocycles. The molecule has 0 radical (unpaired) electrons. The SMILES string of the molecule is COC[C@H]1CN(c2ccc3c4c(c(=O)oc3c2C)CN(C(=O)c2ccc(C(=O)NS(=O)(=O)N(C)C(C)C)c(OC3CCC3)c2F)CC4)CCN1C. The van der Waals surface area contributed by atoms with Gasteiger partial charge in [0.05, 0.1) is 42.0 Å². The number of fused-ring (bicyclic) bond motifs is 3. The van der Waals surface area contributed by atoms with Crippen LogP contribution in [0.1, 0.15) is 70.5 Å². The van der Waals surface area contributed by atoms with E-state index in [1.165, 1.54) is 18.0 Å². The van der Waals surface area contributed by atoms with Gasteiger partial charge in [-0.25, -0.2) is 13.9 Å². The lowest BCUT2D eigenvalue weighted by Crippen LogP contribution is -2.53. The van der Waals surface area contributed by atoms with Crippen LogP contribution < -0.4 is 20.0 Å². The molecule has 6 rings (SSSR count). The van der Waals surface area contributed by atoms with Crippen molar-refractivity contribution in [1.29, 1.82) is 0 Å². The van der Waals surface area contributed by atoms with E-state index in [4.69, 9.17) is 13.9 Å². The number of carbonyl (C=O) groups is 2. The molecule has 1 atom stereocenters. The zero-order valence-electron chi connectivity index (χ0n) is 30.0. The second-order valence-corrected chi connectivity index (χ2v) is 15.7. The average molecular weight is 728 g/mol. The predicted octanol–water partition coefficient (Wildman–Crippen LogP) is 3.45. The minimum atomic E-state index is -4.23. The van der Waals surface area contributed by atoms with Gasteiger partial charge in [0.15, 0.2) is 11.6 Å². The standard InChI is InChI=1S/C36H46FN5O8S/c1-21(2)40(5)51(46,47)38-34(43)28-11-10-27(31(37)33(28)49-24-8-7-9-24)35(44)42-15-14-25-26-12-13-30(22(3)32(26)50-36(45)29(25)19-42)41-17-16-39(4)23(18-41)20-48-6/h10-13,21,23-24H,7-9,14-20H2,1-6H3,(H,38,43)/t23-/m1/s1. The number of piperazine rings is 1. The third kappa shape index (κ3) is 7.08. The molecule has 1 aliphatic carbocycles. The van der Waals surface area contributed by atoms with Crippen LogP contribution in [0.4, 0.5) is 10.1 Å². The Hall–Kier alpha value is -4.05. The second kappa shape index (κ2) is 14.5. The highest BCUT2D eigenvalue weighted by molar-refractivity contribution is 7.87. The topological polar surface area (TPSA) is 142 Å². The molecule has 276 valence electrons. The number of rotatable bonds is 10. The molecule has 13 nitrogen and oxygen atoms in total. The van der Waals surface area contributed by atoms with Crippen LogP contribution in [0.2, 0.25) is 0 Å². The number of nitrogens with one attached hydrogen (secondary N) is 1. The summed E-state index contributed by atoms with van der Waals surface area (Å²) < 4.78 is 61.9. The number of aryl methyl sites for hydroxylation is 1. The average Bonchev–Trinajstić information content (AvgIpc) is 3.07. The molecule has 3 aromatic rings. The number of nitrogens with zero attached hydrogens (tertiary/aromatic N) is 4. The van der Waals surface area contributed by atoms with Crippen molar-refractivity contribution < 1.29 is 36.3 Å². The number of halogens is 1. The number of amides is 2. The van der Waals surface area contributed by atoms with Crippen molar-refractivity contribution in [3.8, 4) is 5.75 Å². The van der Waals surface area contributed by atoms with Gasteiger partial charge in [-0.1, -0.05) is 0 Å². The van der Waals surface area contributed by atoms with Crippen molar-refractivity contribution in [3.05, 3.63) is 68.3 Å². The minimum Gasteiger partial charge on any atom is -0.486 e. The Kier molecular flexibility index (Phi) is 10.5. The highest BCUT2D eigenvalue weighted by Gasteiger charge is 2.34. The van der Waals surface area contributed by atoms with E-state index in [1.807, 2.05) is 23.8 Å². The summed E-state index contributed by atoms with van der Waals surface area (Å²) in [5, 5.41) is 0.802. The first-order valence-electron chi connectivity index (χ1n) is 17.3. The van der Waals surface area contributed by atoms with Gasteiger partial charge >= 0.3 is 15.8 Å². The molecule has 0 bridgehead atoms. The van der Waals surface area contributed by atoms with Crippen LogP contribution in [0.15, 0.2) is 33.5 Å². The molecule has 2 amide bonds. The molecule has 2 fully saturated rings. The maximum Gasteiger partial charge on any atom is 0.341 e. The number of hydrogen-bond donors (Lipinski definition) is 1. The fourth-order valence-electron chi connectivity index (χ4n) is 6.87. The monoisotopic (exact) mass is 727 g/mol. The van der Waals surface area contributed by atoms with Gasteiger partial charge in [-0.3, -0.25) is 14.5 Å². The van der Waals surface area contributed by atoms with E-state index >= 15 is 4.39 Å². The zero-order chi connectivity index (χ0) is 36.8. The lowest BCUT2D eigenvalue weighted by molar-refractivity contribution is 0.0721. The summed E-state index contributed by atoms with van der Waals surface area (Å²) in [5.74, 6) is -3.31. The van der Waals surface area contributed by atoms with Crippen molar-refractivity contribution in [2.75, 3.05) is 58.9 Å². The van der Waals surface area contributed by atoms with Gasteiger partial charge in [-0.05, 0) is 83.3 Å². The molecule has 0 spiro atoms. The number of ether oxygens (including phenoxy) is 2. The Morgan fingerprint density at radius 2 is 1.82 bits per heavy atom. The highest BCUT2D eigenvalue weighted by Crippen LogP contribution is 2.35. The molecular formula is C36H46FN5O8S. The summed E-state index contributed by atoms with van der Waals surface area (Å²) in [4.78, 5) is 46.4. The van der Waals surface area contributed by atoms with Gasteiger partial charge in [0.25, 0.3) is 11.8 Å². The number of anilines is 1. The molecule has 1 aromatic heterocycles. The Morgan fingerprint density at radius 1 is 1.10 bits per heavy atom. The molecule has 3 aliphatic rings. The Bertz CT molecular complexity index is 2010. The van der Waals surface area contributed by atoms with E-state index in [-0.39, 0.29) is 36.4 Å². The molecule has 1 saturated carbocycles. The van der Waals surface area contributed by atoms with E-state index in [0.717, 1.165) is 58.6 Å². The number of benzene rings is 2. The summed E-state index contributed by atoms with van der Waals surface area (Å²) in [6.45, 7) is 8.42. The van der Waals surface area contributed by atoms with Crippen LogP contribution in [0.3, 0.4) is 0 Å².